The smallest absolute Gasteiger partial charge is 0.341 e. The molecule has 0 amide bonds. The molecule has 0 saturated carbocycles. The quantitative estimate of drug-likeness (QED) is 0.0680. The first-order valence-electron chi connectivity index (χ1n) is 10.9. The molecule has 5 nitrogen and oxygen atoms in total. The normalized spacial score (nSPS) is 11.8. The van der Waals surface area contributed by atoms with Crippen molar-refractivity contribution in [3.63, 3.8) is 0 Å². The van der Waals surface area contributed by atoms with E-state index in [0.29, 0.717) is 12.0 Å². The average Bonchev–Trinajstić information content (AvgIpc) is 3.14. The standard InChI is InChI=1S/C27H25IN2O3/c1-4-30-24-11-9-19(13-18(3)29-33-26(31)16-28)14-22(24)23-15-20(10-12-25(23)30)27(32)21-8-6-5-7-17(21)2/h5-12,14-15H,4,13,16H2,1-3H3/b29-18+. The Morgan fingerprint density at radius 2 is 1.70 bits per heavy atom. The Morgan fingerprint density at radius 1 is 1.00 bits per heavy atom. The van der Waals surface area contributed by atoms with Crippen molar-refractivity contribution < 1.29 is 14.4 Å². The summed E-state index contributed by atoms with van der Waals surface area (Å²) in [4.78, 5) is 29.5. The fourth-order valence-corrected chi connectivity index (χ4v) is 4.35. The van der Waals surface area contributed by atoms with E-state index in [2.05, 4.69) is 34.8 Å². The number of fused-ring (bicyclic) bond motifs is 3. The fraction of sp³-hybridized carbons (Fsp3) is 0.222. The lowest BCUT2D eigenvalue weighted by atomic mass is 9.97. The number of carbonyl (C=O) groups is 2. The average molecular weight is 552 g/mol. The van der Waals surface area contributed by atoms with E-state index in [1.807, 2.05) is 78.9 Å². The van der Waals surface area contributed by atoms with E-state index >= 15 is 0 Å². The number of ketones is 1. The zero-order chi connectivity index (χ0) is 23.5. The first-order valence-corrected chi connectivity index (χ1v) is 12.4. The van der Waals surface area contributed by atoms with Gasteiger partial charge < -0.3 is 9.40 Å². The van der Waals surface area contributed by atoms with Crippen LogP contribution in [0.25, 0.3) is 21.8 Å². The van der Waals surface area contributed by atoms with E-state index in [1.54, 1.807) is 0 Å². The molecule has 0 aliphatic heterocycles. The molecule has 0 atom stereocenters. The van der Waals surface area contributed by atoms with Crippen LogP contribution in [0.5, 0.6) is 0 Å². The number of oxime groups is 1. The van der Waals surface area contributed by atoms with Crippen LogP contribution in [0.1, 0.15) is 40.9 Å². The molecule has 0 spiro atoms. The molecular formula is C27H25IN2O3. The molecular weight excluding hydrogens is 527 g/mol. The van der Waals surface area contributed by atoms with Crippen molar-refractivity contribution in [2.45, 2.75) is 33.7 Å². The predicted molar refractivity (Wildman–Crippen MR) is 142 cm³/mol. The van der Waals surface area contributed by atoms with Crippen LogP contribution < -0.4 is 0 Å². The van der Waals surface area contributed by atoms with Crippen molar-refractivity contribution in [2.75, 3.05) is 4.43 Å². The maximum Gasteiger partial charge on any atom is 0.344 e. The highest BCUT2D eigenvalue weighted by atomic mass is 127. The van der Waals surface area contributed by atoms with E-state index in [0.717, 1.165) is 50.8 Å². The van der Waals surface area contributed by atoms with Gasteiger partial charge in [-0.25, -0.2) is 4.79 Å². The maximum atomic E-state index is 13.2. The van der Waals surface area contributed by atoms with E-state index < -0.39 is 0 Å². The summed E-state index contributed by atoms with van der Waals surface area (Å²) in [7, 11) is 0. The summed E-state index contributed by atoms with van der Waals surface area (Å²) < 4.78 is 2.53. The van der Waals surface area contributed by atoms with Crippen molar-refractivity contribution >= 4 is 61.9 Å². The van der Waals surface area contributed by atoms with E-state index in [4.69, 9.17) is 4.84 Å². The van der Waals surface area contributed by atoms with Crippen molar-refractivity contribution in [1.82, 2.24) is 4.57 Å². The summed E-state index contributed by atoms with van der Waals surface area (Å²) in [5, 5.41) is 6.10. The predicted octanol–water partition coefficient (Wildman–Crippen LogP) is 6.25. The van der Waals surface area contributed by atoms with Gasteiger partial charge in [-0.3, -0.25) is 4.79 Å². The lowest BCUT2D eigenvalue weighted by Crippen LogP contribution is -2.04. The number of rotatable bonds is 7. The van der Waals surface area contributed by atoms with Gasteiger partial charge in [-0.1, -0.05) is 58.1 Å². The number of nitrogens with zero attached hydrogens (tertiary/aromatic N) is 2. The number of halogens is 1. The molecule has 1 aromatic heterocycles. The third-order valence-corrected chi connectivity index (χ3v) is 6.39. The Labute approximate surface area is 206 Å². The number of hydrogen-bond donors (Lipinski definition) is 0. The van der Waals surface area contributed by atoms with Gasteiger partial charge in [-0.05, 0) is 62.2 Å². The maximum absolute atomic E-state index is 13.2. The number of benzene rings is 3. The molecule has 0 fully saturated rings. The van der Waals surface area contributed by atoms with Crippen molar-refractivity contribution in [2.24, 2.45) is 5.16 Å². The topological polar surface area (TPSA) is 60.7 Å². The van der Waals surface area contributed by atoms with Crippen LogP contribution in [0.4, 0.5) is 0 Å². The molecule has 3 aromatic carbocycles. The number of alkyl halides is 1. The van der Waals surface area contributed by atoms with Gasteiger partial charge in [-0.15, -0.1) is 0 Å². The van der Waals surface area contributed by atoms with Gasteiger partial charge in [0.05, 0.1) is 5.71 Å². The van der Waals surface area contributed by atoms with Gasteiger partial charge >= 0.3 is 5.97 Å². The van der Waals surface area contributed by atoms with Crippen LogP contribution in [-0.4, -0.2) is 26.5 Å². The third kappa shape index (κ3) is 4.71. The molecule has 0 aliphatic rings. The van der Waals surface area contributed by atoms with Gasteiger partial charge in [0, 0.05) is 45.9 Å². The molecule has 6 heteroatoms. The summed E-state index contributed by atoms with van der Waals surface area (Å²) in [6.07, 6.45) is 0.574. The molecule has 168 valence electrons. The van der Waals surface area contributed by atoms with E-state index in [-0.39, 0.29) is 16.2 Å². The molecule has 0 unspecified atom stereocenters. The van der Waals surface area contributed by atoms with Gasteiger partial charge in [0.15, 0.2) is 5.78 Å². The number of aromatic nitrogens is 1. The highest BCUT2D eigenvalue weighted by Gasteiger charge is 2.16. The van der Waals surface area contributed by atoms with Gasteiger partial charge in [-0.2, -0.15) is 0 Å². The fourth-order valence-electron chi connectivity index (χ4n) is 4.21. The minimum Gasteiger partial charge on any atom is -0.341 e. The molecule has 0 aliphatic carbocycles. The summed E-state index contributed by atoms with van der Waals surface area (Å²) in [5.41, 5.74) is 6.40. The number of carbonyl (C=O) groups excluding carboxylic acids is 2. The highest BCUT2D eigenvalue weighted by molar-refractivity contribution is 14.1. The monoisotopic (exact) mass is 552 g/mol. The Balaban J connectivity index is 1.77. The molecule has 33 heavy (non-hydrogen) atoms. The second-order valence-electron chi connectivity index (χ2n) is 8.07. The lowest BCUT2D eigenvalue weighted by Gasteiger charge is -2.06. The summed E-state index contributed by atoms with van der Waals surface area (Å²) in [6, 6.07) is 20.0. The Bertz CT molecular complexity index is 1400. The molecule has 4 rings (SSSR count). The Morgan fingerprint density at radius 3 is 2.39 bits per heavy atom. The first kappa shape index (κ1) is 23.2. The van der Waals surface area contributed by atoms with Gasteiger partial charge in [0.25, 0.3) is 0 Å². The van der Waals surface area contributed by atoms with Crippen molar-refractivity contribution in [1.29, 1.82) is 0 Å². The number of aryl methyl sites for hydroxylation is 2. The molecule has 0 saturated heterocycles. The Hall–Kier alpha value is -3.00. The summed E-state index contributed by atoms with van der Waals surface area (Å²) >= 11 is 1.95. The zero-order valence-corrected chi connectivity index (χ0v) is 21.0. The summed E-state index contributed by atoms with van der Waals surface area (Å²) in [5.74, 6) is -0.328. The second kappa shape index (κ2) is 9.87. The van der Waals surface area contributed by atoms with Gasteiger partial charge in [0.2, 0.25) is 0 Å². The van der Waals surface area contributed by atoms with E-state index in [1.165, 1.54) is 0 Å². The lowest BCUT2D eigenvalue weighted by molar-refractivity contribution is -0.140. The van der Waals surface area contributed by atoms with Crippen LogP contribution in [0.2, 0.25) is 0 Å². The van der Waals surface area contributed by atoms with Gasteiger partial charge in [0.1, 0.15) is 4.43 Å². The minimum absolute atomic E-state index is 0.0311. The third-order valence-electron chi connectivity index (χ3n) is 5.77. The van der Waals surface area contributed by atoms with Crippen LogP contribution in [-0.2, 0) is 22.6 Å². The van der Waals surface area contributed by atoms with Crippen molar-refractivity contribution in [3.8, 4) is 0 Å². The first-order chi connectivity index (χ1) is 15.9. The molecule has 1 heterocycles. The van der Waals surface area contributed by atoms with Crippen LogP contribution in [0.3, 0.4) is 0 Å². The minimum atomic E-state index is -0.359. The Kier molecular flexibility index (Phi) is 6.93. The van der Waals surface area contributed by atoms with Crippen LogP contribution in [0.15, 0.2) is 65.8 Å². The highest BCUT2D eigenvalue weighted by Crippen LogP contribution is 2.31. The second-order valence-corrected chi connectivity index (χ2v) is 8.83. The largest absolute Gasteiger partial charge is 0.344 e. The van der Waals surface area contributed by atoms with Crippen molar-refractivity contribution in [3.05, 3.63) is 82.9 Å². The van der Waals surface area contributed by atoms with Crippen LogP contribution in [0, 0.1) is 6.92 Å². The molecule has 0 bridgehead atoms. The summed E-state index contributed by atoms with van der Waals surface area (Å²) in [6.45, 7) is 6.76. The number of hydrogen-bond acceptors (Lipinski definition) is 4. The molecule has 0 radical (unpaired) electrons. The molecule has 0 N–H and O–H groups in total. The molecule has 4 aromatic rings. The van der Waals surface area contributed by atoms with Crippen LogP contribution >= 0.6 is 22.6 Å². The zero-order valence-electron chi connectivity index (χ0n) is 18.9. The van der Waals surface area contributed by atoms with E-state index in [9.17, 15) is 9.59 Å². The SMILES string of the molecule is CCn1c2ccc(C/C(C)=N/OC(=O)CI)cc2c2cc(C(=O)c3ccccc3C)ccc21.